The number of urea groups is 1. The molecule has 10 nitrogen and oxygen atoms in total. The Morgan fingerprint density at radius 1 is 1.10 bits per heavy atom. The maximum absolute atomic E-state index is 14.0. The van der Waals surface area contributed by atoms with Gasteiger partial charge in [-0.1, -0.05) is 11.3 Å². The molecule has 1 aliphatic heterocycles. The van der Waals surface area contributed by atoms with E-state index in [1.54, 1.807) is 32.3 Å². The summed E-state index contributed by atoms with van der Waals surface area (Å²) in [5.74, 6) is -0.619. The van der Waals surface area contributed by atoms with Crippen molar-refractivity contribution in [2.75, 3.05) is 29.9 Å². The van der Waals surface area contributed by atoms with E-state index in [2.05, 4.69) is 30.6 Å². The summed E-state index contributed by atoms with van der Waals surface area (Å²) in [6, 6.07) is 5.17. The highest BCUT2D eigenvalue weighted by atomic mass is 32.1. The summed E-state index contributed by atoms with van der Waals surface area (Å²) in [6.45, 7) is 6.90. The van der Waals surface area contributed by atoms with E-state index in [9.17, 15) is 19.1 Å². The molecule has 4 heterocycles. The average Bonchev–Trinajstić information content (AvgIpc) is 3.32. The van der Waals surface area contributed by atoms with Crippen molar-refractivity contribution in [1.82, 2.24) is 25.3 Å². The summed E-state index contributed by atoms with van der Waals surface area (Å²) in [6.07, 6.45) is 5.69. The number of hydrogen-bond acceptors (Lipinski definition) is 8. The molecule has 12 heteroatoms. The molecule has 39 heavy (non-hydrogen) atoms. The van der Waals surface area contributed by atoms with Crippen LogP contribution in [0.2, 0.25) is 0 Å². The predicted octanol–water partition coefficient (Wildman–Crippen LogP) is 5.10. The number of rotatable bonds is 6. The first kappa shape index (κ1) is 26.4. The number of pyridine rings is 1. The number of carboxylic acid groups (broad SMARTS) is 1. The molecule has 1 aliphatic rings. The van der Waals surface area contributed by atoms with Gasteiger partial charge < -0.3 is 15.3 Å². The Kier molecular flexibility index (Phi) is 7.13. The molecule has 3 N–H and O–H groups in total. The van der Waals surface area contributed by atoms with Gasteiger partial charge in [0.25, 0.3) is 0 Å². The van der Waals surface area contributed by atoms with Crippen molar-refractivity contribution >= 4 is 44.6 Å². The van der Waals surface area contributed by atoms with Gasteiger partial charge in [0, 0.05) is 43.2 Å². The lowest BCUT2D eigenvalue weighted by Crippen LogP contribution is -2.43. The Hall–Kier alpha value is -4.19. The van der Waals surface area contributed by atoms with Crippen LogP contribution in [0, 0.1) is 18.2 Å². The number of halogens is 1. The quantitative estimate of drug-likeness (QED) is 0.303. The van der Waals surface area contributed by atoms with Crippen LogP contribution in [0.3, 0.4) is 0 Å². The first-order valence-electron chi connectivity index (χ1n) is 12.6. The predicted molar refractivity (Wildman–Crippen MR) is 148 cm³/mol. The van der Waals surface area contributed by atoms with Gasteiger partial charge in [-0.3, -0.25) is 15.1 Å². The number of nitrogens with one attached hydrogen (secondary N) is 2. The van der Waals surface area contributed by atoms with Gasteiger partial charge in [0.15, 0.2) is 5.13 Å². The molecule has 2 amide bonds. The Morgan fingerprint density at radius 3 is 2.46 bits per heavy atom. The lowest BCUT2D eigenvalue weighted by molar-refractivity contribution is -0.149. The number of benzene rings is 1. The number of aliphatic carboxylic acids is 1. The second-order valence-electron chi connectivity index (χ2n) is 9.82. The lowest BCUT2D eigenvalue weighted by Gasteiger charge is -2.36. The third-order valence-corrected chi connectivity index (χ3v) is 8.03. The second-order valence-corrected chi connectivity index (χ2v) is 10.8. The number of carbonyl (C=O) groups excluding carboxylic acids is 1. The van der Waals surface area contributed by atoms with Crippen molar-refractivity contribution in [2.24, 2.45) is 5.41 Å². The van der Waals surface area contributed by atoms with E-state index >= 15 is 0 Å². The van der Waals surface area contributed by atoms with Gasteiger partial charge in [-0.05, 0) is 62.9 Å². The van der Waals surface area contributed by atoms with Crippen LogP contribution in [0.1, 0.15) is 32.3 Å². The number of amides is 2. The molecule has 1 saturated heterocycles. The summed E-state index contributed by atoms with van der Waals surface area (Å²) in [5.41, 5.74) is 3.27. The summed E-state index contributed by atoms with van der Waals surface area (Å²) in [4.78, 5) is 43.7. The molecule has 0 radical (unpaired) electrons. The van der Waals surface area contributed by atoms with Crippen LogP contribution in [0.25, 0.3) is 32.6 Å². The number of anilines is 2. The lowest BCUT2D eigenvalue weighted by atomic mass is 9.80. The highest BCUT2D eigenvalue weighted by Gasteiger charge is 2.37. The Labute approximate surface area is 228 Å². The number of carboxylic acids is 1. The minimum absolute atomic E-state index is 0.348. The number of fused-ring (bicyclic) bond motifs is 1. The molecule has 0 spiro atoms. The van der Waals surface area contributed by atoms with Crippen molar-refractivity contribution in [2.45, 2.75) is 33.6 Å². The van der Waals surface area contributed by atoms with E-state index in [0.717, 1.165) is 21.4 Å². The number of nitrogens with zero attached hydrogens (tertiary/aromatic N) is 5. The topological polar surface area (TPSA) is 133 Å². The normalized spacial score (nSPS) is 14.8. The number of piperidine rings is 1. The molecule has 202 valence electrons. The number of carbonyl (C=O) groups is 2. The van der Waals surface area contributed by atoms with Crippen LogP contribution < -0.4 is 15.5 Å². The van der Waals surface area contributed by atoms with Gasteiger partial charge in [0.05, 0.1) is 27.5 Å². The smallest absolute Gasteiger partial charge is 0.321 e. The van der Waals surface area contributed by atoms with E-state index < -0.39 is 11.4 Å². The van der Waals surface area contributed by atoms with Gasteiger partial charge >= 0.3 is 12.0 Å². The van der Waals surface area contributed by atoms with Gasteiger partial charge in [-0.2, -0.15) is 0 Å². The van der Waals surface area contributed by atoms with Crippen molar-refractivity contribution in [3.63, 3.8) is 0 Å². The Morgan fingerprint density at radius 2 is 1.82 bits per heavy atom. The monoisotopic (exact) mass is 549 g/mol. The molecule has 0 bridgehead atoms. The zero-order valence-electron chi connectivity index (χ0n) is 21.8. The van der Waals surface area contributed by atoms with Crippen LogP contribution in [0.4, 0.5) is 20.3 Å². The molecule has 0 aliphatic carbocycles. The highest BCUT2D eigenvalue weighted by molar-refractivity contribution is 7.22. The first-order valence-corrected chi connectivity index (χ1v) is 13.4. The van der Waals surface area contributed by atoms with Crippen LogP contribution >= 0.6 is 11.3 Å². The van der Waals surface area contributed by atoms with Crippen LogP contribution in [0.15, 0.2) is 36.8 Å². The third kappa shape index (κ3) is 5.37. The second kappa shape index (κ2) is 10.5. The van der Waals surface area contributed by atoms with E-state index in [4.69, 9.17) is 0 Å². The van der Waals surface area contributed by atoms with Crippen molar-refractivity contribution in [3.8, 4) is 22.4 Å². The fourth-order valence-corrected chi connectivity index (χ4v) is 5.44. The third-order valence-electron chi connectivity index (χ3n) is 7.01. The van der Waals surface area contributed by atoms with E-state index in [1.165, 1.54) is 17.5 Å². The Bertz CT molecular complexity index is 1550. The van der Waals surface area contributed by atoms with Crippen molar-refractivity contribution < 1.29 is 19.1 Å². The molecule has 1 fully saturated rings. The van der Waals surface area contributed by atoms with Crippen molar-refractivity contribution in [1.29, 1.82) is 0 Å². The molecule has 5 rings (SSSR count). The molecule has 0 atom stereocenters. The van der Waals surface area contributed by atoms with Crippen molar-refractivity contribution in [3.05, 3.63) is 48.2 Å². The van der Waals surface area contributed by atoms with Gasteiger partial charge in [0.2, 0.25) is 5.95 Å². The molecular weight excluding hydrogens is 521 g/mol. The number of aryl methyl sites for hydroxylation is 1. The summed E-state index contributed by atoms with van der Waals surface area (Å²) < 4.78 is 14.8. The largest absolute Gasteiger partial charge is 0.481 e. The SMILES string of the molecule is CCNC(=O)Nc1nc2cc(-c3cnc(N4CCC(C)(C(=O)O)CC4)nc3)cc(-c3cc(C)c(F)cn3)c2s1. The Balaban J connectivity index is 1.49. The molecule has 4 aromatic rings. The van der Waals surface area contributed by atoms with Crippen LogP contribution in [-0.4, -0.2) is 56.7 Å². The number of thiazole rings is 1. The zero-order valence-corrected chi connectivity index (χ0v) is 22.6. The summed E-state index contributed by atoms with van der Waals surface area (Å²) in [7, 11) is 0. The maximum Gasteiger partial charge on any atom is 0.321 e. The first-order chi connectivity index (χ1) is 18.7. The number of hydrogen-bond donors (Lipinski definition) is 3. The summed E-state index contributed by atoms with van der Waals surface area (Å²) >= 11 is 1.31. The summed E-state index contributed by atoms with van der Waals surface area (Å²) in [5, 5.41) is 15.4. The molecule has 3 aromatic heterocycles. The number of aromatic nitrogens is 4. The van der Waals surface area contributed by atoms with Crippen LogP contribution in [-0.2, 0) is 4.79 Å². The standard InChI is InChI=1S/C27H28FN7O3S/c1-4-29-25(38)34-26-33-21-11-16(10-18(22(21)39-26)20-9-15(2)19(28)14-30-20)17-12-31-24(32-13-17)35-7-5-27(3,6-8-35)23(36)37/h9-14H,4-8H2,1-3H3,(H,36,37)(H2,29,33,34,38). The van der Waals surface area contributed by atoms with E-state index in [0.29, 0.717) is 60.3 Å². The minimum atomic E-state index is -0.776. The zero-order chi connectivity index (χ0) is 27.7. The highest BCUT2D eigenvalue weighted by Crippen LogP contribution is 2.39. The van der Waals surface area contributed by atoms with Gasteiger partial charge in [0.1, 0.15) is 5.82 Å². The minimum Gasteiger partial charge on any atom is -0.481 e. The molecule has 0 saturated carbocycles. The average molecular weight is 550 g/mol. The van der Waals surface area contributed by atoms with E-state index in [-0.39, 0.29) is 11.8 Å². The van der Waals surface area contributed by atoms with Gasteiger partial charge in [-0.25, -0.2) is 24.1 Å². The molecule has 1 aromatic carbocycles. The molecule has 0 unspecified atom stereocenters. The fourth-order valence-electron chi connectivity index (χ4n) is 4.48. The van der Waals surface area contributed by atoms with Crippen LogP contribution in [0.5, 0.6) is 0 Å². The van der Waals surface area contributed by atoms with Gasteiger partial charge in [-0.15, -0.1) is 0 Å². The maximum atomic E-state index is 14.0. The fraction of sp³-hybridized carbons (Fsp3) is 0.333. The molecular formula is C27H28FN7O3S. The van der Waals surface area contributed by atoms with E-state index in [1.807, 2.05) is 24.0 Å².